The topological polar surface area (TPSA) is 145 Å². The van der Waals surface area contributed by atoms with Gasteiger partial charge in [-0.15, -0.1) is 0 Å². The van der Waals surface area contributed by atoms with Crippen LogP contribution in [0.2, 0.25) is 0 Å². The van der Waals surface area contributed by atoms with Crippen molar-refractivity contribution in [3.63, 3.8) is 0 Å². The van der Waals surface area contributed by atoms with Gasteiger partial charge in [-0.25, -0.2) is 14.4 Å². The molecule has 0 aromatic heterocycles. The minimum Gasteiger partial charge on any atom is -0.429 e. The fraction of sp³-hybridized carbons (Fsp3) is 0.323. The van der Waals surface area contributed by atoms with Gasteiger partial charge in [0.05, 0.1) is 6.61 Å². The molecule has 4 rings (SSSR count). The van der Waals surface area contributed by atoms with E-state index in [0.29, 0.717) is 16.7 Å². The number of ether oxygens (including phenoxy) is 8. The zero-order chi connectivity index (χ0) is 30.4. The highest BCUT2D eigenvalue weighted by Gasteiger charge is 2.53. The van der Waals surface area contributed by atoms with Crippen molar-refractivity contribution in [2.45, 2.75) is 50.5 Å². The van der Waals surface area contributed by atoms with Crippen molar-refractivity contribution in [3.05, 3.63) is 108 Å². The Labute approximate surface area is 247 Å². The molecule has 0 spiro atoms. The van der Waals surface area contributed by atoms with E-state index in [2.05, 4.69) is 0 Å². The fourth-order valence-corrected chi connectivity index (χ4v) is 4.20. The summed E-state index contributed by atoms with van der Waals surface area (Å²) >= 11 is 0. The molecule has 3 aromatic carbocycles. The third kappa shape index (κ3) is 9.43. The van der Waals surface area contributed by atoms with Gasteiger partial charge >= 0.3 is 18.5 Å². The number of hydrogen-bond acceptors (Lipinski definition) is 12. The number of carbonyl (C=O) groups excluding carboxylic acids is 3. The van der Waals surface area contributed by atoms with Crippen LogP contribution in [0.5, 0.6) is 0 Å². The van der Waals surface area contributed by atoms with E-state index in [0.717, 1.165) is 0 Å². The van der Waals surface area contributed by atoms with Crippen molar-refractivity contribution in [2.24, 2.45) is 0 Å². The fourth-order valence-electron chi connectivity index (χ4n) is 4.20. The minimum absolute atomic E-state index is 0.111. The van der Waals surface area contributed by atoms with Gasteiger partial charge < -0.3 is 43.0 Å². The summed E-state index contributed by atoms with van der Waals surface area (Å²) in [4.78, 5) is 38.3. The smallest absolute Gasteiger partial charge is 0.429 e. The van der Waals surface area contributed by atoms with Crippen LogP contribution in [0.4, 0.5) is 14.4 Å². The number of benzene rings is 3. The van der Waals surface area contributed by atoms with Gasteiger partial charge in [0, 0.05) is 7.11 Å². The lowest BCUT2D eigenvalue weighted by atomic mass is 9.98. The predicted molar refractivity (Wildman–Crippen MR) is 147 cm³/mol. The highest BCUT2D eigenvalue weighted by Crippen LogP contribution is 2.30. The molecule has 1 aliphatic rings. The van der Waals surface area contributed by atoms with Crippen LogP contribution in [0.15, 0.2) is 91.0 Å². The Balaban J connectivity index is 1.51. The molecular formula is C31H32O12. The zero-order valence-electron chi connectivity index (χ0n) is 23.3. The van der Waals surface area contributed by atoms with Gasteiger partial charge in [-0.1, -0.05) is 91.0 Å². The first-order valence-corrected chi connectivity index (χ1v) is 13.4. The van der Waals surface area contributed by atoms with E-state index >= 15 is 0 Å². The maximum absolute atomic E-state index is 12.8. The molecule has 43 heavy (non-hydrogen) atoms. The van der Waals surface area contributed by atoms with E-state index < -0.39 is 55.8 Å². The monoisotopic (exact) mass is 596 g/mol. The average Bonchev–Trinajstić information content (AvgIpc) is 3.04. The molecule has 0 saturated carbocycles. The summed E-state index contributed by atoms with van der Waals surface area (Å²) in [5, 5.41) is 10.1. The molecule has 12 nitrogen and oxygen atoms in total. The maximum Gasteiger partial charge on any atom is 0.509 e. The van der Waals surface area contributed by atoms with Crippen molar-refractivity contribution in [2.75, 3.05) is 13.7 Å². The average molecular weight is 597 g/mol. The second kappa shape index (κ2) is 16.1. The quantitative estimate of drug-likeness (QED) is 0.245. The van der Waals surface area contributed by atoms with E-state index in [4.69, 9.17) is 37.9 Å². The maximum atomic E-state index is 12.8. The molecule has 5 atom stereocenters. The lowest BCUT2D eigenvalue weighted by Crippen LogP contribution is -2.62. The molecule has 1 aliphatic heterocycles. The van der Waals surface area contributed by atoms with Crippen LogP contribution < -0.4 is 0 Å². The van der Waals surface area contributed by atoms with Crippen LogP contribution in [0.3, 0.4) is 0 Å². The molecule has 0 bridgehead atoms. The van der Waals surface area contributed by atoms with Crippen molar-refractivity contribution in [1.29, 1.82) is 0 Å². The van der Waals surface area contributed by atoms with Crippen molar-refractivity contribution < 1.29 is 57.4 Å². The molecule has 1 heterocycles. The van der Waals surface area contributed by atoms with Crippen LogP contribution in [-0.4, -0.2) is 68.0 Å². The van der Waals surface area contributed by atoms with E-state index in [9.17, 15) is 19.5 Å². The number of carbonyl (C=O) groups is 3. The van der Waals surface area contributed by atoms with Crippen molar-refractivity contribution in [3.8, 4) is 0 Å². The summed E-state index contributed by atoms with van der Waals surface area (Å²) in [6.07, 6.45) is -10.6. The molecule has 1 N–H and O–H groups in total. The standard InChI is InChI=1S/C31H32O12/c1-36-28-27(43-31(35)39-20-23-15-9-4-10-16-23)26(42-30(34)38-19-22-13-7-3-8-14-22)25(24(17-32)40-28)41-29(33)37-18-21-11-5-2-6-12-21/h2-16,24-28,32H,17-20H2,1H3/t24-,25+,26+,27-,28+/m1/s1. The van der Waals surface area contributed by atoms with Crippen molar-refractivity contribution in [1.82, 2.24) is 0 Å². The number of hydrogen-bond donors (Lipinski definition) is 1. The van der Waals surface area contributed by atoms with E-state index in [1.54, 1.807) is 78.9 Å². The zero-order valence-corrected chi connectivity index (χ0v) is 23.3. The van der Waals surface area contributed by atoms with Crippen LogP contribution >= 0.6 is 0 Å². The Bertz CT molecular complexity index is 1220. The first-order valence-electron chi connectivity index (χ1n) is 13.4. The van der Waals surface area contributed by atoms with E-state index in [-0.39, 0.29) is 19.8 Å². The Morgan fingerprint density at radius 2 is 0.977 bits per heavy atom. The normalized spacial score (nSPS) is 21.2. The lowest BCUT2D eigenvalue weighted by Gasteiger charge is -2.42. The number of methoxy groups -OCH3 is 1. The Morgan fingerprint density at radius 3 is 1.35 bits per heavy atom. The van der Waals surface area contributed by atoms with Gasteiger partial charge in [-0.3, -0.25) is 0 Å². The first kappa shape index (κ1) is 31.3. The summed E-state index contributed by atoms with van der Waals surface area (Å²) in [7, 11) is 1.25. The predicted octanol–water partition coefficient (Wildman–Crippen LogP) is 4.52. The van der Waals surface area contributed by atoms with Gasteiger partial charge in [0.2, 0.25) is 0 Å². The minimum atomic E-state index is -1.56. The van der Waals surface area contributed by atoms with Crippen LogP contribution in [0.25, 0.3) is 0 Å². The van der Waals surface area contributed by atoms with Gasteiger partial charge in [-0.2, -0.15) is 0 Å². The van der Waals surface area contributed by atoms with Crippen molar-refractivity contribution >= 4 is 18.5 Å². The molecule has 228 valence electrons. The van der Waals surface area contributed by atoms with Gasteiger partial charge in [-0.05, 0) is 16.7 Å². The lowest BCUT2D eigenvalue weighted by molar-refractivity contribution is -0.297. The summed E-state index contributed by atoms with van der Waals surface area (Å²) in [5.74, 6) is 0. The molecule has 0 radical (unpaired) electrons. The molecule has 12 heteroatoms. The highest BCUT2D eigenvalue weighted by molar-refractivity contribution is 5.63. The second-order valence-electron chi connectivity index (χ2n) is 9.28. The summed E-state index contributed by atoms with van der Waals surface area (Å²) in [6, 6.07) is 26.5. The van der Waals surface area contributed by atoms with E-state index in [1.807, 2.05) is 12.1 Å². The number of aliphatic hydroxyl groups excluding tert-OH is 1. The molecule has 1 saturated heterocycles. The summed E-state index contributed by atoms with van der Waals surface area (Å²) in [5.41, 5.74) is 2.07. The van der Waals surface area contributed by atoms with Crippen LogP contribution in [-0.2, 0) is 57.7 Å². The van der Waals surface area contributed by atoms with E-state index in [1.165, 1.54) is 7.11 Å². The summed E-state index contributed by atoms with van der Waals surface area (Å²) < 4.78 is 43.2. The number of rotatable bonds is 11. The molecule has 3 aromatic rings. The molecular weight excluding hydrogens is 564 g/mol. The summed E-state index contributed by atoms with van der Waals surface area (Å²) in [6.45, 7) is -1.04. The van der Waals surface area contributed by atoms with Gasteiger partial charge in [0.25, 0.3) is 0 Å². The van der Waals surface area contributed by atoms with Crippen LogP contribution in [0.1, 0.15) is 16.7 Å². The van der Waals surface area contributed by atoms with Gasteiger partial charge in [0.15, 0.2) is 24.6 Å². The third-order valence-corrected chi connectivity index (χ3v) is 6.30. The second-order valence-corrected chi connectivity index (χ2v) is 9.28. The Hall–Kier alpha value is -4.65. The molecule has 0 amide bonds. The molecule has 1 fully saturated rings. The molecule has 0 aliphatic carbocycles. The Kier molecular flexibility index (Phi) is 11.7. The highest BCUT2D eigenvalue weighted by atomic mass is 16.8. The largest absolute Gasteiger partial charge is 0.509 e. The SMILES string of the molecule is CO[C@H]1O[C@H](CO)[C@H](OC(=O)OCc2ccccc2)[C@H](OC(=O)OCc2ccccc2)[C@H]1OC(=O)OCc1ccccc1. The number of aliphatic hydroxyl groups is 1. The van der Waals surface area contributed by atoms with Crippen LogP contribution in [0, 0.1) is 0 Å². The molecule has 0 unspecified atom stereocenters. The third-order valence-electron chi connectivity index (χ3n) is 6.30. The van der Waals surface area contributed by atoms with Gasteiger partial charge in [0.1, 0.15) is 25.9 Å². The Morgan fingerprint density at radius 1 is 0.605 bits per heavy atom. The first-order chi connectivity index (χ1) is 21.0.